The van der Waals surface area contributed by atoms with Crippen LogP contribution in [-0.4, -0.2) is 22.4 Å². The van der Waals surface area contributed by atoms with Crippen LogP contribution in [-0.2, 0) is 6.54 Å². The molecule has 0 radical (unpaired) electrons. The number of ether oxygens (including phenoxy) is 1. The van der Waals surface area contributed by atoms with Crippen molar-refractivity contribution in [2.45, 2.75) is 6.54 Å². The largest absolute Gasteiger partial charge is 0.497 e. The fraction of sp³-hybridized carbons (Fsp3) is 0.0741. The van der Waals surface area contributed by atoms with E-state index in [0.717, 1.165) is 38.5 Å². The molecule has 0 unspecified atom stereocenters. The van der Waals surface area contributed by atoms with Crippen molar-refractivity contribution >= 4 is 44.0 Å². The molecular weight excluding hydrogens is 414 g/mol. The quantitative estimate of drug-likeness (QED) is 0.415. The lowest BCUT2D eigenvalue weighted by molar-refractivity contribution is 0.0946. The Morgan fingerprint density at radius 1 is 0.909 bits per heavy atom. The highest BCUT2D eigenvalue weighted by Crippen LogP contribution is 2.33. The minimum atomic E-state index is -0.268. The normalized spacial score (nSPS) is 11.5. The second-order valence-corrected chi connectivity index (χ2v) is 7.99. The Labute approximate surface area is 188 Å². The van der Waals surface area contributed by atoms with E-state index >= 15 is 0 Å². The molecule has 6 rings (SSSR count). The summed E-state index contributed by atoms with van der Waals surface area (Å²) < 4.78 is 6.90. The van der Waals surface area contributed by atoms with Crippen LogP contribution in [0.1, 0.15) is 16.1 Å². The number of rotatable bonds is 4. The SMILES string of the molecule is COc1ccc(CNC(=O)c2cc3c4ccccc4n4c(=O)c5ccccc5c(n2)c34)cc1. The highest BCUT2D eigenvalue weighted by Gasteiger charge is 2.20. The number of methoxy groups -OCH3 is 1. The summed E-state index contributed by atoms with van der Waals surface area (Å²) in [6, 6.07) is 24.5. The highest BCUT2D eigenvalue weighted by molar-refractivity contribution is 6.20. The Hall–Kier alpha value is -4.45. The molecule has 0 aliphatic rings. The van der Waals surface area contributed by atoms with Gasteiger partial charge in [0.15, 0.2) is 0 Å². The predicted octanol–water partition coefficient (Wildman–Crippen LogP) is 4.53. The summed E-state index contributed by atoms with van der Waals surface area (Å²) in [5, 5.41) is 6.04. The first-order valence-corrected chi connectivity index (χ1v) is 10.6. The number of benzene rings is 3. The van der Waals surface area contributed by atoms with Gasteiger partial charge in [0.25, 0.3) is 11.5 Å². The van der Waals surface area contributed by atoms with E-state index < -0.39 is 0 Å². The molecular formula is C27H19N3O3. The Balaban J connectivity index is 1.53. The molecule has 0 fully saturated rings. The van der Waals surface area contributed by atoms with Crippen LogP contribution in [0.25, 0.3) is 38.1 Å². The highest BCUT2D eigenvalue weighted by atomic mass is 16.5. The predicted molar refractivity (Wildman–Crippen MR) is 129 cm³/mol. The summed E-state index contributed by atoms with van der Waals surface area (Å²) in [7, 11) is 1.62. The summed E-state index contributed by atoms with van der Waals surface area (Å²) in [5.41, 5.74) is 3.39. The van der Waals surface area contributed by atoms with Crippen molar-refractivity contribution in [3.05, 3.63) is 100 Å². The van der Waals surface area contributed by atoms with E-state index in [1.807, 2.05) is 66.7 Å². The molecule has 0 atom stereocenters. The molecule has 3 aromatic heterocycles. The van der Waals surface area contributed by atoms with Crippen LogP contribution >= 0.6 is 0 Å². The zero-order valence-electron chi connectivity index (χ0n) is 17.8. The minimum absolute atomic E-state index is 0.0807. The lowest BCUT2D eigenvalue weighted by Gasteiger charge is -2.09. The zero-order chi connectivity index (χ0) is 22.5. The lowest BCUT2D eigenvalue weighted by Crippen LogP contribution is -2.24. The molecule has 6 nitrogen and oxygen atoms in total. The third-order valence-electron chi connectivity index (χ3n) is 6.11. The summed E-state index contributed by atoms with van der Waals surface area (Å²) in [6.45, 7) is 0.370. The van der Waals surface area contributed by atoms with Crippen molar-refractivity contribution < 1.29 is 9.53 Å². The van der Waals surface area contributed by atoms with Gasteiger partial charge in [-0.1, -0.05) is 48.5 Å². The third kappa shape index (κ3) is 2.91. The van der Waals surface area contributed by atoms with Gasteiger partial charge >= 0.3 is 0 Å². The second kappa shape index (κ2) is 7.31. The first-order valence-electron chi connectivity index (χ1n) is 10.6. The molecule has 160 valence electrons. The van der Waals surface area contributed by atoms with Gasteiger partial charge in [-0.25, -0.2) is 4.98 Å². The first-order chi connectivity index (χ1) is 16.2. The number of carbonyl (C=O) groups is 1. The molecule has 3 heterocycles. The van der Waals surface area contributed by atoms with Crippen molar-refractivity contribution in [3.63, 3.8) is 0 Å². The van der Waals surface area contributed by atoms with E-state index in [0.29, 0.717) is 23.1 Å². The average molecular weight is 433 g/mol. The van der Waals surface area contributed by atoms with Crippen molar-refractivity contribution in [2.75, 3.05) is 7.11 Å². The maximum absolute atomic E-state index is 13.3. The van der Waals surface area contributed by atoms with Crippen LogP contribution in [0, 0.1) is 0 Å². The van der Waals surface area contributed by atoms with Gasteiger partial charge in [0.1, 0.15) is 11.4 Å². The number of nitrogens with one attached hydrogen (secondary N) is 1. The Morgan fingerprint density at radius 3 is 2.36 bits per heavy atom. The third-order valence-corrected chi connectivity index (χ3v) is 6.11. The number of para-hydroxylation sites is 1. The molecule has 0 saturated carbocycles. The maximum atomic E-state index is 13.3. The first kappa shape index (κ1) is 19.3. The van der Waals surface area contributed by atoms with Gasteiger partial charge in [0, 0.05) is 28.1 Å². The standard InChI is InChI=1S/C27H19N3O3/c1-33-17-12-10-16(11-13-17)15-28-26(31)22-14-21-18-6-4-5-9-23(18)30-25(21)24(29-22)19-7-2-3-8-20(19)27(30)32/h2-14H,15H2,1H3,(H,28,31). The van der Waals surface area contributed by atoms with Crippen LogP contribution in [0.3, 0.4) is 0 Å². The molecule has 3 aromatic carbocycles. The summed E-state index contributed by atoms with van der Waals surface area (Å²) >= 11 is 0. The summed E-state index contributed by atoms with van der Waals surface area (Å²) in [4.78, 5) is 31.2. The Bertz CT molecular complexity index is 1740. The number of hydrogen-bond donors (Lipinski definition) is 1. The van der Waals surface area contributed by atoms with Gasteiger partial charge in [-0.2, -0.15) is 0 Å². The summed E-state index contributed by atoms with van der Waals surface area (Å²) in [5.74, 6) is 0.496. The number of pyridine rings is 2. The van der Waals surface area contributed by atoms with Crippen LogP contribution in [0.2, 0.25) is 0 Å². The Kier molecular flexibility index (Phi) is 4.26. The number of hydrogen-bond acceptors (Lipinski definition) is 4. The molecule has 0 saturated heterocycles. The van der Waals surface area contributed by atoms with E-state index in [4.69, 9.17) is 9.72 Å². The van der Waals surface area contributed by atoms with Gasteiger partial charge in [-0.3, -0.25) is 14.0 Å². The average Bonchev–Trinajstić information content (AvgIpc) is 3.21. The van der Waals surface area contributed by atoms with Crippen molar-refractivity contribution in [3.8, 4) is 5.75 Å². The van der Waals surface area contributed by atoms with Crippen LogP contribution in [0.15, 0.2) is 83.7 Å². The zero-order valence-corrected chi connectivity index (χ0v) is 17.8. The van der Waals surface area contributed by atoms with Gasteiger partial charge in [-0.05, 0) is 35.9 Å². The molecule has 0 aliphatic heterocycles. The number of aromatic nitrogens is 2. The fourth-order valence-corrected chi connectivity index (χ4v) is 4.51. The van der Waals surface area contributed by atoms with E-state index in [1.165, 1.54) is 0 Å². The van der Waals surface area contributed by atoms with Gasteiger partial charge in [0.05, 0.1) is 23.7 Å². The van der Waals surface area contributed by atoms with Gasteiger partial charge in [0.2, 0.25) is 0 Å². The second-order valence-electron chi connectivity index (χ2n) is 7.99. The molecule has 6 heteroatoms. The lowest BCUT2D eigenvalue weighted by atomic mass is 10.1. The van der Waals surface area contributed by atoms with Crippen LogP contribution < -0.4 is 15.6 Å². The molecule has 1 N–H and O–H groups in total. The monoisotopic (exact) mass is 433 g/mol. The molecule has 33 heavy (non-hydrogen) atoms. The topological polar surface area (TPSA) is 72.7 Å². The van der Waals surface area contributed by atoms with Gasteiger partial charge < -0.3 is 10.1 Å². The number of amides is 1. The molecule has 0 aliphatic carbocycles. The molecule has 0 spiro atoms. The van der Waals surface area contributed by atoms with E-state index in [2.05, 4.69) is 5.32 Å². The smallest absolute Gasteiger partial charge is 0.270 e. The van der Waals surface area contributed by atoms with Crippen molar-refractivity contribution in [2.24, 2.45) is 0 Å². The fourth-order valence-electron chi connectivity index (χ4n) is 4.51. The van der Waals surface area contributed by atoms with Crippen molar-refractivity contribution in [1.29, 1.82) is 0 Å². The van der Waals surface area contributed by atoms with Gasteiger partial charge in [-0.15, -0.1) is 0 Å². The van der Waals surface area contributed by atoms with E-state index in [-0.39, 0.29) is 11.5 Å². The summed E-state index contributed by atoms with van der Waals surface area (Å²) in [6.07, 6.45) is 0. The van der Waals surface area contributed by atoms with Crippen LogP contribution in [0.4, 0.5) is 0 Å². The molecule has 6 aromatic rings. The maximum Gasteiger partial charge on any atom is 0.270 e. The van der Waals surface area contributed by atoms with Crippen molar-refractivity contribution in [1.82, 2.24) is 14.7 Å². The number of carbonyl (C=O) groups excluding carboxylic acids is 1. The number of fused-ring (bicyclic) bond motifs is 5. The number of nitrogens with zero attached hydrogens (tertiary/aromatic N) is 2. The Morgan fingerprint density at radius 2 is 1.61 bits per heavy atom. The molecule has 0 bridgehead atoms. The van der Waals surface area contributed by atoms with E-state index in [1.54, 1.807) is 23.6 Å². The molecule has 1 amide bonds. The van der Waals surface area contributed by atoms with E-state index in [9.17, 15) is 9.59 Å². The van der Waals surface area contributed by atoms with Crippen LogP contribution in [0.5, 0.6) is 5.75 Å². The minimum Gasteiger partial charge on any atom is -0.497 e.